The van der Waals surface area contributed by atoms with Gasteiger partial charge in [-0.25, -0.2) is 17.7 Å². The summed E-state index contributed by atoms with van der Waals surface area (Å²) in [7, 11) is -1.22. The lowest BCUT2D eigenvalue weighted by molar-refractivity contribution is 0.00181. The van der Waals surface area contributed by atoms with Crippen molar-refractivity contribution in [1.29, 1.82) is 0 Å². The quantitative estimate of drug-likeness (QED) is 0.906. The molecule has 0 aliphatic heterocycles. The average molecular weight is 344 g/mol. The molecule has 0 aliphatic rings. The second kappa shape index (κ2) is 6.24. The second-order valence-corrected chi connectivity index (χ2v) is 8.76. The van der Waals surface area contributed by atoms with Crippen LogP contribution >= 0.6 is 0 Å². The van der Waals surface area contributed by atoms with Crippen molar-refractivity contribution in [1.82, 2.24) is 19.5 Å². The van der Waals surface area contributed by atoms with Crippen LogP contribution in [0.2, 0.25) is 0 Å². The molecule has 0 radical (unpaired) electrons. The molecule has 0 unspecified atom stereocenters. The lowest BCUT2D eigenvalue weighted by Crippen LogP contribution is -2.35. The standard InChI is InChI=1S/C15H22F2N4OS/c1-10(20-23(22)14(2,3)4)12-6-11-7-19-21(9-15(5,16)17)13(11)8-18-12/h6-8,10,20H,9H2,1-5H3/t10-,23-/m1/s1. The lowest BCUT2D eigenvalue weighted by atomic mass is 10.2. The monoisotopic (exact) mass is 344 g/mol. The van der Waals surface area contributed by atoms with E-state index in [1.165, 1.54) is 10.9 Å². The summed E-state index contributed by atoms with van der Waals surface area (Å²) in [5, 5.41) is 4.73. The molecular formula is C15H22F2N4OS. The van der Waals surface area contributed by atoms with Crippen molar-refractivity contribution >= 4 is 21.9 Å². The summed E-state index contributed by atoms with van der Waals surface area (Å²) in [6, 6.07) is 1.56. The van der Waals surface area contributed by atoms with E-state index in [1.807, 2.05) is 27.7 Å². The van der Waals surface area contributed by atoms with Crippen molar-refractivity contribution in [2.45, 2.75) is 57.9 Å². The van der Waals surface area contributed by atoms with Crippen molar-refractivity contribution in [3.05, 3.63) is 24.2 Å². The summed E-state index contributed by atoms with van der Waals surface area (Å²) < 4.78 is 42.3. The van der Waals surface area contributed by atoms with Crippen molar-refractivity contribution in [2.24, 2.45) is 0 Å². The Morgan fingerprint density at radius 3 is 2.52 bits per heavy atom. The smallest absolute Gasteiger partial charge is 0.257 e. The third kappa shape index (κ3) is 4.54. The molecule has 2 aromatic rings. The minimum atomic E-state index is -2.84. The van der Waals surface area contributed by atoms with Crippen LogP contribution in [0.4, 0.5) is 8.78 Å². The highest BCUT2D eigenvalue weighted by Gasteiger charge is 2.24. The SMILES string of the molecule is C[C@@H](N[S@](=O)C(C)(C)C)c1cc2cnn(CC(C)(F)F)c2cn1. The predicted molar refractivity (Wildman–Crippen MR) is 87.6 cm³/mol. The first-order valence-electron chi connectivity index (χ1n) is 7.35. The van der Waals surface area contributed by atoms with Crippen LogP contribution in [0.1, 0.15) is 46.4 Å². The summed E-state index contributed by atoms with van der Waals surface area (Å²) in [5.74, 6) is -2.84. The van der Waals surface area contributed by atoms with Crippen LogP contribution in [0.3, 0.4) is 0 Å². The normalized spacial score (nSPS) is 15.8. The molecule has 0 spiro atoms. The minimum Gasteiger partial charge on any atom is -0.257 e. The summed E-state index contributed by atoms with van der Waals surface area (Å²) in [5.41, 5.74) is 1.25. The maximum atomic E-state index is 13.2. The first kappa shape index (κ1) is 17.9. The number of hydrogen-bond donors (Lipinski definition) is 1. The van der Waals surface area contributed by atoms with E-state index in [9.17, 15) is 13.0 Å². The van der Waals surface area contributed by atoms with Gasteiger partial charge in [-0.1, -0.05) is 0 Å². The van der Waals surface area contributed by atoms with Crippen LogP contribution < -0.4 is 4.72 Å². The van der Waals surface area contributed by atoms with Crippen molar-refractivity contribution in [3.8, 4) is 0 Å². The second-order valence-electron chi connectivity index (χ2n) is 6.76. The zero-order valence-electron chi connectivity index (χ0n) is 13.9. The molecule has 2 rings (SSSR count). The Morgan fingerprint density at radius 1 is 1.30 bits per heavy atom. The summed E-state index contributed by atoms with van der Waals surface area (Å²) in [4.78, 5) is 4.30. The molecule has 0 aromatic carbocycles. The largest absolute Gasteiger partial charge is 0.264 e. The van der Waals surface area contributed by atoms with E-state index in [1.54, 1.807) is 12.3 Å². The van der Waals surface area contributed by atoms with Crippen molar-refractivity contribution < 1.29 is 13.0 Å². The molecule has 0 aliphatic carbocycles. The van der Waals surface area contributed by atoms with Crippen LogP contribution in [-0.4, -0.2) is 29.6 Å². The molecule has 8 heteroatoms. The van der Waals surface area contributed by atoms with Crippen molar-refractivity contribution in [2.75, 3.05) is 0 Å². The zero-order valence-corrected chi connectivity index (χ0v) is 14.7. The molecule has 2 aromatic heterocycles. The van der Waals surface area contributed by atoms with Gasteiger partial charge in [0.05, 0.1) is 45.4 Å². The van der Waals surface area contributed by atoms with E-state index >= 15 is 0 Å². The van der Waals surface area contributed by atoms with Gasteiger partial charge >= 0.3 is 0 Å². The maximum Gasteiger partial charge on any atom is 0.264 e. The molecule has 0 fully saturated rings. The number of nitrogens with zero attached hydrogens (tertiary/aromatic N) is 3. The number of hydrogen-bond acceptors (Lipinski definition) is 3. The van der Waals surface area contributed by atoms with E-state index in [-0.39, 0.29) is 10.8 Å². The fourth-order valence-electron chi connectivity index (χ4n) is 2.02. The molecule has 2 atom stereocenters. The van der Waals surface area contributed by atoms with Gasteiger partial charge in [0.15, 0.2) is 0 Å². The Bertz CT molecular complexity index is 718. The molecule has 2 heterocycles. The summed E-state index contributed by atoms with van der Waals surface area (Å²) >= 11 is 0. The number of halogens is 2. The highest BCUT2D eigenvalue weighted by molar-refractivity contribution is 7.84. The molecule has 23 heavy (non-hydrogen) atoms. The minimum absolute atomic E-state index is 0.226. The Morgan fingerprint density at radius 2 is 1.96 bits per heavy atom. The van der Waals surface area contributed by atoms with Crippen LogP contribution in [0.15, 0.2) is 18.5 Å². The van der Waals surface area contributed by atoms with Crippen LogP contribution in [0, 0.1) is 0 Å². The van der Waals surface area contributed by atoms with Crippen LogP contribution in [0.5, 0.6) is 0 Å². The van der Waals surface area contributed by atoms with Gasteiger partial charge in [0.1, 0.15) is 6.54 Å². The van der Waals surface area contributed by atoms with E-state index in [0.717, 1.165) is 12.3 Å². The molecule has 1 N–H and O–H groups in total. The lowest BCUT2D eigenvalue weighted by Gasteiger charge is -2.21. The predicted octanol–water partition coefficient (Wildman–Crippen LogP) is 3.20. The van der Waals surface area contributed by atoms with Crippen LogP contribution in [0.25, 0.3) is 10.9 Å². The zero-order chi connectivity index (χ0) is 17.4. The van der Waals surface area contributed by atoms with Crippen LogP contribution in [-0.2, 0) is 17.5 Å². The van der Waals surface area contributed by atoms with Gasteiger partial charge in [0.2, 0.25) is 0 Å². The molecule has 5 nitrogen and oxygen atoms in total. The molecular weight excluding hydrogens is 322 g/mol. The average Bonchev–Trinajstić information content (AvgIpc) is 2.78. The number of aromatic nitrogens is 3. The van der Waals surface area contributed by atoms with E-state index in [4.69, 9.17) is 0 Å². The van der Waals surface area contributed by atoms with Gasteiger partial charge in [-0.3, -0.25) is 9.67 Å². The van der Waals surface area contributed by atoms with Gasteiger partial charge in [0.25, 0.3) is 5.92 Å². The highest BCUT2D eigenvalue weighted by Crippen LogP contribution is 2.22. The first-order valence-corrected chi connectivity index (χ1v) is 8.50. The van der Waals surface area contributed by atoms with Gasteiger partial charge in [-0.05, 0) is 33.8 Å². The number of rotatable bonds is 5. The fourth-order valence-corrected chi connectivity index (χ4v) is 2.81. The van der Waals surface area contributed by atoms with E-state index in [0.29, 0.717) is 11.2 Å². The number of nitrogens with one attached hydrogen (secondary N) is 1. The Labute approximate surface area is 137 Å². The molecule has 0 saturated heterocycles. The van der Waals surface area contributed by atoms with Gasteiger partial charge in [0, 0.05) is 12.3 Å². The van der Waals surface area contributed by atoms with E-state index in [2.05, 4.69) is 14.8 Å². The topological polar surface area (TPSA) is 59.8 Å². The van der Waals surface area contributed by atoms with Crippen molar-refractivity contribution in [3.63, 3.8) is 0 Å². The molecule has 0 saturated carbocycles. The molecule has 128 valence electrons. The molecule has 0 amide bonds. The Balaban J connectivity index is 2.23. The third-order valence-electron chi connectivity index (χ3n) is 3.26. The summed E-state index contributed by atoms with van der Waals surface area (Å²) in [6.07, 6.45) is 3.07. The van der Waals surface area contributed by atoms with Gasteiger partial charge < -0.3 is 0 Å². The van der Waals surface area contributed by atoms with E-state index < -0.39 is 23.5 Å². The Hall–Kier alpha value is -1.41. The fraction of sp³-hybridized carbons (Fsp3) is 0.600. The Kier molecular flexibility index (Phi) is 4.86. The summed E-state index contributed by atoms with van der Waals surface area (Å²) in [6.45, 7) is 7.88. The van der Waals surface area contributed by atoms with Gasteiger partial charge in [-0.15, -0.1) is 0 Å². The number of fused-ring (bicyclic) bond motifs is 1. The van der Waals surface area contributed by atoms with Gasteiger partial charge in [-0.2, -0.15) is 5.10 Å². The highest BCUT2D eigenvalue weighted by atomic mass is 32.2. The first-order chi connectivity index (χ1) is 10.5. The number of alkyl halides is 2. The molecule has 0 bridgehead atoms. The third-order valence-corrected chi connectivity index (χ3v) is 4.94. The number of pyridine rings is 1. The maximum absolute atomic E-state index is 13.2.